The number of ether oxygens (including phenoxy) is 1. The summed E-state index contributed by atoms with van der Waals surface area (Å²) < 4.78 is 19.4. The highest BCUT2D eigenvalue weighted by Gasteiger charge is 2.28. The van der Waals surface area contributed by atoms with E-state index in [0.717, 1.165) is 26.0 Å². The van der Waals surface area contributed by atoms with E-state index in [2.05, 4.69) is 12.2 Å². The highest BCUT2D eigenvalue weighted by molar-refractivity contribution is 6.30. The van der Waals surface area contributed by atoms with Crippen molar-refractivity contribution in [1.29, 1.82) is 0 Å². The molecule has 0 saturated carbocycles. The molecule has 2 unspecified atom stereocenters. The van der Waals surface area contributed by atoms with Crippen LogP contribution in [0.5, 0.6) is 0 Å². The molecule has 2 atom stereocenters. The van der Waals surface area contributed by atoms with Crippen LogP contribution in [0.2, 0.25) is 5.02 Å². The maximum atomic E-state index is 14.0. The largest absolute Gasteiger partial charge is 0.381 e. The van der Waals surface area contributed by atoms with Gasteiger partial charge in [-0.1, -0.05) is 24.6 Å². The summed E-state index contributed by atoms with van der Waals surface area (Å²) in [7, 11) is 0. The molecule has 0 radical (unpaired) electrons. The van der Waals surface area contributed by atoms with Crippen LogP contribution in [0, 0.1) is 11.7 Å². The molecule has 1 heterocycles. The molecule has 1 fully saturated rings. The van der Waals surface area contributed by atoms with Crippen molar-refractivity contribution in [2.45, 2.75) is 25.8 Å². The maximum Gasteiger partial charge on any atom is 0.129 e. The van der Waals surface area contributed by atoms with Gasteiger partial charge in [-0.25, -0.2) is 4.39 Å². The van der Waals surface area contributed by atoms with Crippen molar-refractivity contribution in [1.82, 2.24) is 5.32 Å². The molecule has 1 saturated heterocycles. The normalized spacial score (nSPS) is 21.2. The van der Waals surface area contributed by atoms with E-state index in [4.69, 9.17) is 16.3 Å². The zero-order valence-corrected chi connectivity index (χ0v) is 11.3. The lowest BCUT2D eigenvalue weighted by Crippen LogP contribution is -2.30. The minimum atomic E-state index is -0.233. The van der Waals surface area contributed by atoms with Crippen molar-refractivity contribution in [3.63, 3.8) is 0 Å². The Morgan fingerprint density at radius 3 is 3.00 bits per heavy atom. The molecule has 0 aromatic heterocycles. The van der Waals surface area contributed by atoms with Gasteiger partial charge in [-0.2, -0.15) is 0 Å². The van der Waals surface area contributed by atoms with Crippen molar-refractivity contribution < 1.29 is 9.13 Å². The van der Waals surface area contributed by atoms with Gasteiger partial charge in [0.1, 0.15) is 5.82 Å². The lowest BCUT2D eigenvalue weighted by Gasteiger charge is -2.24. The second kappa shape index (κ2) is 6.50. The molecule has 1 N–H and O–H groups in total. The summed E-state index contributed by atoms with van der Waals surface area (Å²) in [4.78, 5) is 0. The average molecular weight is 272 g/mol. The first kappa shape index (κ1) is 13.8. The molecule has 0 amide bonds. The van der Waals surface area contributed by atoms with Crippen LogP contribution in [-0.2, 0) is 4.74 Å². The summed E-state index contributed by atoms with van der Waals surface area (Å²) in [6.07, 6.45) is 2.00. The fraction of sp³-hybridized carbons (Fsp3) is 0.571. The summed E-state index contributed by atoms with van der Waals surface area (Å²) in [5, 5.41) is 3.86. The van der Waals surface area contributed by atoms with Gasteiger partial charge in [0.2, 0.25) is 0 Å². The molecular formula is C14H19ClFNO. The van der Waals surface area contributed by atoms with E-state index in [1.807, 2.05) is 0 Å². The van der Waals surface area contributed by atoms with E-state index in [9.17, 15) is 4.39 Å². The number of halogens is 2. The van der Waals surface area contributed by atoms with Crippen LogP contribution >= 0.6 is 11.6 Å². The molecule has 1 aliphatic heterocycles. The summed E-state index contributed by atoms with van der Waals surface area (Å²) >= 11 is 5.80. The number of hydrogen-bond donors (Lipinski definition) is 1. The molecule has 0 aliphatic carbocycles. The molecule has 100 valence electrons. The minimum Gasteiger partial charge on any atom is -0.381 e. The Hall–Kier alpha value is -0.640. The summed E-state index contributed by atoms with van der Waals surface area (Å²) in [6.45, 7) is 4.45. The topological polar surface area (TPSA) is 21.3 Å². The van der Waals surface area contributed by atoms with E-state index in [1.54, 1.807) is 12.1 Å². The van der Waals surface area contributed by atoms with Gasteiger partial charge in [-0.3, -0.25) is 0 Å². The number of nitrogens with one attached hydrogen (secondary N) is 1. The standard InChI is InChI=1S/C14H19ClFNO/c1-2-6-17-14(10-5-7-18-9-10)12-4-3-11(15)8-13(12)16/h3-4,8,10,14,17H,2,5-7,9H2,1H3. The van der Waals surface area contributed by atoms with Crippen LogP contribution in [0.4, 0.5) is 4.39 Å². The van der Waals surface area contributed by atoms with Crippen LogP contribution < -0.4 is 5.32 Å². The third kappa shape index (κ3) is 3.22. The smallest absolute Gasteiger partial charge is 0.129 e. The Kier molecular flexibility index (Phi) is 4.98. The van der Waals surface area contributed by atoms with Crippen molar-refractivity contribution >= 4 is 11.6 Å². The second-order valence-corrected chi connectivity index (χ2v) is 5.16. The first-order valence-electron chi connectivity index (χ1n) is 6.48. The van der Waals surface area contributed by atoms with Crippen molar-refractivity contribution in [3.8, 4) is 0 Å². The monoisotopic (exact) mass is 271 g/mol. The van der Waals surface area contributed by atoms with E-state index in [-0.39, 0.29) is 11.9 Å². The molecule has 4 heteroatoms. The predicted molar refractivity (Wildman–Crippen MR) is 71.4 cm³/mol. The number of hydrogen-bond acceptors (Lipinski definition) is 2. The van der Waals surface area contributed by atoms with Crippen LogP contribution in [0.25, 0.3) is 0 Å². The van der Waals surface area contributed by atoms with E-state index < -0.39 is 0 Å². The van der Waals surface area contributed by atoms with Crippen LogP contribution in [0.1, 0.15) is 31.4 Å². The maximum absolute atomic E-state index is 14.0. The number of benzene rings is 1. The number of rotatable bonds is 5. The molecule has 1 aromatic rings. The summed E-state index contributed by atoms with van der Waals surface area (Å²) in [6, 6.07) is 4.93. The Bertz CT molecular complexity index is 393. The SMILES string of the molecule is CCCNC(c1ccc(Cl)cc1F)C1CCOC1. The zero-order chi connectivity index (χ0) is 13.0. The van der Waals surface area contributed by atoms with Crippen LogP contribution in [0.15, 0.2) is 18.2 Å². The Morgan fingerprint density at radius 1 is 1.56 bits per heavy atom. The second-order valence-electron chi connectivity index (χ2n) is 4.72. The highest BCUT2D eigenvalue weighted by atomic mass is 35.5. The first-order valence-corrected chi connectivity index (χ1v) is 6.86. The van der Waals surface area contributed by atoms with Crippen LogP contribution in [0.3, 0.4) is 0 Å². The molecule has 0 spiro atoms. The molecular weight excluding hydrogens is 253 g/mol. The van der Waals surface area contributed by atoms with E-state index >= 15 is 0 Å². The zero-order valence-electron chi connectivity index (χ0n) is 10.6. The van der Waals surface area contributed by atoms with Gasteiger partial charge in [0.25, 0.3) is 0 Å². The van der Waals surface area contributed by atoms with Gasteiger partial charge < -0.3 is 10.1 Å². The Balaban J connectivity index is 2.20. The van der Waals surface area contributed by atoms with Gasteiger partial charge in [-0.15, -0.1) is 0 Å². The van der Waals surface area contributed by atoms with E-state index in [0.29, 0.717) is 23.1 Å². The van der Waals surface area contributed by atoms with Gasteiger partial charge in [0.05, 0.1) is 6.61 Å². The third-order valence-electron chi connectivity index (χ3n) is 3.35. The van der Waals surface area contributed by atoms with Gasteiger partial charge in [0.15, 0.2) is 0 Å². The fourth-order valence-corrected chi connectivity index (χ4v) is 2.56. The van der Waals surface area contributed by atoms with Crippen molar-refractivity contribution in [3.05, 3.63) is 34.6 Å². The molecule has 1 aliphatic rings. The van der Waals surface area contributed by atoms with Gasteiger partial charge in [-0.05, 0) is 31.5 Å². The lowest BCUT2D eigenvalue weighted by atomic mass is 9.92. The highest BCUT2D eigenvalue weighted by Crippen LogP contribution is 2.31. The van der Waals surface area contributed by atoms with Crippen molar-refractivity contribution in [2.75, 3.05) is 19.8 Å². The fourth-order valence-electron chi connectivity index (χ4n) is 2.40. The van der Waals surface area contributed by atoms with Gasteiger partial charge in [0, 0.05) is 29.2 Å². The quantitative estimate of drug-likeness (QED) is 0.884. The molecule has 0 bridgehead atoms. The van der Waals surface area contributed by atoms with E-state index in [1.165, 1.54) is 6.07 Å². The average Bonchev–Trinajstić information content (AvgIpc) is 2.85. The summed E-state index contributed by atoms with van der Waals surface area (Å²) in [5.74, 6) is 0.107. The summed E-state index contributed by atoms with van der Waals surface area (Å²) in [5.41, 5.74) is 0.698. The first-order chi connectivity index (χ1) is 8.72. The molecule has 2 rings (SSSR count). The third-order valence-corrected chi connectivity index (χ3v) is 3.58. The van der Waals surface area contributed by atoms with Gasteiger partial charge >= 0.3 is 0 Å². The lowest BCUT2D eigenvalue weighted by molar-refractivity contribution is 0.176. The predicted octanol–water partition coefficient (Wildman–Crippen LogP) is 3.56. The van der Waals surface area contributed by atoms with Crippen LogP contribution in [-0.4, -0.2) is 19.8 Å². The molecule has 2 nitrogen and oxygen atoms in total. The molecule has 18 heavy (non-hydrogen) atoms. The minimum absolute atomic E-state index is 0.0183. The Labute approximate surface area is 112 Å². The van der Waals surface area contributed by atoms with Crippen molar-refractivity contribution in [2.24, 2.45) is 5.92 Å². The molecule has 1 aromatic carbocycles. The Morgan fingerprint density at radius 2 is 2.39 bits per heavy atom.